The second kappa shape index (κ2) is 44.8. The van der Waals surface area contributed by atoms with Gasteiger partial charge in [0.25, 0.3) is 0 Å². The van der Waals surface area contributed by atoms with Crippen LogP contribution in [0.4, 0.5) is 0 Å². The fourth-order valence-corrected chi connectivity index (χ4v) is 17.0. The molecule has 6 fully saturated rings. The summed E-state index contributed by atoms with van der Waals surface area (Å²) in [6.07, 6.45) is 37.4. The van der Waals surface area contributed by atoms with E-state index in [9.17, 15) is 0 Å². The quantitative estimate of drug-likeness (QED) is 0.160. The Morgan fingerprint density at radius 2 is 0.674 bits per heavy atom. The molecule has 16 atom stereocenters. The minimum Gasteiger partial charge on any atom is -0.662 e. The van der Waals surface area contributed by atoms with E-state index in [1.807, 2.05) is 0 Å². The van der Waals surface area contributed by atoms with Crippen LogP contribution in [-0.2, 0) is 65.3 Å². The third kappa shape index (κ3) is 25.5. The number of halogens is 6. The van der Waals surface area contributed by atoms with E-state index in [4.69, 9.17) is 118 Å². The summed E-state index contributed by atoms with van der Waals surface area (Å²) in [6, 6.07) is 21.4. The monoisotopic (exact) mass is 1550 g/mol. The molecule has 4 N–H and O–H groups in total. The summed E-state index contributed by atoms with van der Waals surface area (Å²) in [5, 5.41) is 56.9. The van der Waals surface area contributed by atoms with Crippen LogP contribution in [0.15, 0.2) is 42.5 Å². The minimum absolute atomic E-state index is 0.00694. The molecule has 6 bridgehead atoms. The van der Waals surface area contributed by atoms with Gasteiger partial charge in [-0.15, -0.1) is 0 Å². The van der Waals surface area contributed by atoms with E-state index in [0.29, 0.717) is 72.5 Å². The average molecular weight is 1550 g/mol. The molecule has 6 heterocycles. The Bertz CT molecular complexity index is 2460. The standard InChI is InChI=1S/C27H39N5.C23H35N5.C21H35N5.6ClH.3Mn/c1-3-11-22-20(9-1)28-15-16-29-21-10-2-4-12-23(21)31-25-14-6-8-19-17-18-7-5-13-24(30-22)26(18)32-27(19)25;1-16-18-12-7-13-19(28-18)17(2)27-23-11-6-4-9-21(23)25-15-14-24-20-8-3-5-10-22(20)26-16;1-3-10-20-18(8-1)22-12-13-23-19-9-2-4-11-21(19)25-15-17-7-5-6-16(26-17)14-24-20;;;;;;;;;/h17,20-25H,1-16H2;7,12-13,16-17,20-23H,3-6,8-11,14-15H2,1-2H3;5-7,18-25H,1-4,8-15H2;6*1H;;;/q2*-4;;;;;;;;3*+2/p-6/t20-,21-,22-,23-,24+,25?;16-,17-,20+,21+,22+,23+;18-,19-,20-,21-;;;;;;;;;/m101........./s1. The van der Waals surface area contributed by atoms with Crippen LogP contribution in [-0.4, -0.2) is 127 Å². The molecule has 0 spiro atoms. The summed E-state index contributed by atoms with van der Waals surface area (Å²) in [7, 11) is 28.8. The largest absolute Gasteiger partial charge is 0.662 e. The van der Waals surface area contributed by atoms with Crippen molar-refractivity contribution in [2.24, 2.45) is 0 Å². The molecule has 3 aromatic heterocycles. The van der Waals surface area contributed by atoms with Gasteiger partial charge >= 0.3 is 100.0 Å². The van der Waals surface area contributed by atoms with Gasteiger partial charge in [-0.05, 0) is 73.9 Å². The van der Waals surface area contributed by atoms with E-state index >= 15 is 0 Å². The van der Waals surface area contributed by atoms with Crippen molar-refractivity contribution in [3.8, 4) is 0 Å². The number of nitrogens with zero attached hydrogens (tertiary/aromatic N) is 11. The van der Waals surface area contributed by atoms with Crippen LogP contribution in [0.1, 0.15) is 263 Å². The van der Waals surface area contributed by atoms with Crippen LogP contribution < -0.4 is 21.3 Å². The molecule has 15 nitrogen and oxygen atoms in total. The third-order valence-electron chi connectivity index (χ3n) is 21.8. The maximum absolute atomic E-state index is 5.47. The number of pyridine rings is 3. The second-order valence-electron chi connectivity index (χ2n) is 28.1. The van der Waals surface area contributed by atoms with Crippen LogP contribution in [0.3, 0.4) is 0 Å². The zero-order valence-electron chi connectivity index (χ0n) is 56.5. The fraction of sp³-hybridized carbons (Fsp3) is 0.789. The van der Waals surface area contributed by atoms with E-state index < -0.39 is 0 Å². The topological polar surface area (TPSA) is 200 Å². The first kappa shape index (κ1) is 79.4. The first-order chi connectivity index (χ1) is 46.7. The van der Waals surface area contributed by atoms with Crippen LogP contribution >= 0.6 is 60.6 Å². The summed E-state index contributed by atoms with van der Waals surface area (Å²) < 4.78 is 0. The SMILES string of the molecule is C[C@@H]1[N-][C@@H]2CCCC[C@H]2[N-]CC[N-][C@@H]2CCCC[C@H]2[N-][C@@H](C)c2cccc1n2.[Cl][Mn][Cl].[Cl][Mn][Cl].[Cl][Mn][Cl].c1c2c3nc4c1CCC[C@@H]4[N-][C@@H]1CCCC[C@H]1[N-]CC[N-][C@@H]1CCCC[C@H]1[N-]C3CCC2.c1cc2nc(c1)CN[C@@H]1CCCC[C@H]1NCCN[C@@H]1CCCC[C@H]1NC2. The van der Waals surface area contributed by atoms with Crippen molar-refractivity contribution in [3.63, 3.8) is 0 Å². The number of hydrogen-bond donors (Lipinski definition) is 4. The van der Waals surface area contributed by atoms with Crippen LogP contribution in [0.5, 0.6) is 0 Å². The molecule has 0 radical (unpaired) electrons. The van der Waals surface area contributed by atoms with E-state index in [0.717, 1.165) is 89.4 Å². The normalized spacial score (nSPS) is 33.8. The third-order valence-corrected chi connectivity index (χ3v) is 21.8. The van der Waals surface area contributed by atoms with Gasteiger partial charge in [-0.25, -0.2) is 0 Å². The summed E-state index contributed by atoms with van der Waals surface area (Å²) in [6.45, 7) is 11.7. The minimum atomic E-state index is 0.00694. The molecule has 1 unspecified atom stereocenters. The number of nitrogens with one attached hydrogen (secondary N) is 4. The summed E-state index contributed by atoms with van der Waals surface area (Å²) in [4.78, 5) is 15.3. The molecule has 0 amide bonds. The molecule has 3 aromatic rings. The number of hydrogen-bond acceptors (Lipinski definition) is 7. The van der Waals surface area contributed by atoms with Gasteiger partial charge in [0, 0.05) is 73.1 Å². The molecule has 14 rings (SSSR count). The van der Waals surface area contributed by atoms with Crippen molar-refractivity contribution in [2.45, 2.75) is 316 Å². The maximum atomic E-state index is 5.47. The van der Waals surface area contributed by atoms with Crippen molar-refractivity contribution in [2.75, 3.05) is 39.3 Å². The molecular formula is C71H109Cl6Mn3N15-8. The smallest absolute Gasteiger partial charge is 0.0545 e. The first-order valence-electron chi connectivity index (χ1n) is 36.6. The molecule has 0 saturated heterocycles. The molecule has 539 valence electrons. The Morgan fingerprint density at radius 3 is 1.04 bits per heavy atom. The Hall–Kier alpha value is 0.268. The fourth-order valence-electron chi connectivity index (χ4n) is 17.0. The molecule has 0 aromatic carbocycles. The molecule has 24 heteroatoms. The summed E-state index contributed by atoms with van der Waals surface area (Å²) in [5.74, 6) is 0. The number of fused-ring (bicyclic) bond motifs is 10. The van der Waals surface area contributed by atoms with Gasteiger partial charge in [-0.1, -0.05) is 210 Å². The van der Waals surface area contributed by atoms with Gasteiger partial charge in [0.05, 0.1) is 11.4 Å². The predicted molar refractivity (Wildman–Crippen MR) is 388 cm³/mol. The number of aryl methyl sites for hydroxylation is 2. The van der Waals surface area contributed by atoms with Gasteiger partial charge in [-0.2, -0.15) is 74.5 Å². The molecular weight excluding hydrogens is 1440 g/mol. The van der Waals surface area contributed by atoms with Gasteiger partial charge < -0.3 is 63.8 Å². The number of aromatic nitrogens is 3. The van der Waals surface area contributed by atoms with E-state index in [-0.39, 0.29) is 63.6 Å². The Kier molecular flexibility index (Phi) is 37.5. The van der Waals surface area contributed by atoms with Gasteiger partial charge in [0.1, 0.15) is 0 Å². The van der Waals surface area contributed by atoms with Crippen LogP contribution in [0.25, 0.3) is 42.5 Å². The maximum Gasteiger partial charge on any atom is 0.0545 e. The predicted octanol–water partition coefficient (Wildman–Crippen LogP) is 19.5. The number of rotatable bonds is 0. The van der Waals surface area contributed by atoms with Crippen molar-refractivity contribution in [1.82, 2.24) is 36.2 Å². The van der Waals surface area contributed by atoms with Crippen molar-refractivity contribution >= 4 is 60.6 Å². The first-order valence-corrected chi connectivity index (χ1v) is 46.4. The average Bonchev–Trinajstić information content (AvgIpc) is 1.11. The Balaban J connectivity index is 0.000000158. The van der Waals surface area contributed by atoms with Gasteiger partial charge in [0.2, 0.25) is 0 Å². The summed E-state index contributed by atoms with van der Waals surface area (Å²) >= 11 is 0.0208. The molecule has 8 aliphatic carbocycles. The van der Waals surface area contributed by atoms with Gasteiger partial charge in [-0.3, -0.25) is 15.0 Å². The molecule has 6 saturated carbocycles. The van der Waals surface area contributed by atoms with E-state index in [2.05, 4.69) is 77.6 Å². The Labute approximate surface area is 616 Å². The van der Waals surface area contributed by atoms with Crippen molar-refractivity contribution in [1.29, 1.82) is 0 Å². The van der Waals surface area contributed by atoms with Crippen LogP contribution in [0.2, 0.25) is 0 Å². The van der Waals surface area contributed by atoms with E-state index in [1.165, 1.54) is 201 Å². The van der Waals surface area contributed by atoms with Crippen molar-refractivity contribution in [3.05, 3.63) is 130 Å². The zero-order valence-corrected chi connectivity index (χ0v) is 64.5. The van der Waals surface area contributed by atoms with E-state index in [1.54, 1.807) is 0 Å². The molecule has 11 aliphatic rings. The van der Waals surface area contributed by atoms with Crippen molar-refractivity contribution < 1.29 is 39.4 Å². The second-order valence-corrected chi connectivity index (χ2v) is 33.9. The summed E-state index contributed by atoms with van der Waals surface area (Å²) in [5.41, 5.74) is 10.0. The zero-order chi connectivity index (χ0) is 66.4. The Morgan fingerprint density at radius 1 is 0.358 bits per heavy atom. The van der Waals surface area contributed by atoms with Gasteiger partial charge in [0.15, 0.2) is 0 Å². The van der Waals surface area contributed by atoms with Crippen LogP contribution in [0, 0.1) is 0 Å². The molecule has 95 heavy (non-hydrogen) atoms. The molecule has 3 aliphatic heterocycles.